The van der Waals surface area contributed by atoms with Gasteiger partial charge in [-0.2, -0.15) is 0 Å². The van der Waals surface area contributed by atoms with E-state index in [1.807, 2.05) is 62.4 Å². The molecule has 0 fully saturated rings. The lowest BCUT2D eigenvalue weighted by atomic mass is 9.99. The second-order valence-electron chi connectivity index (χ2n) is 8.52. The molecule has 172 valence electrons. The fourth-order valence-electron chi connectivity index (χ4n) is 4.16. The van der Waals surface area contributed by atoms with Crippen molar-refractivity contribution in [2.45, 2.75) is 40.2 Å². The third-order valence-electron chi connectivity index (χ3n) is 6.07. The number of rotatable bonds is 4. The van der Waals surface area contributed by atoms with Crippen molar-refractivity contribution in [2.24, 2.45) is 4.99 Å². The van der Waals surface area contributed by atoms with Crippen LogP contribution in [0.15, 0.2) is 53.5 Å². The van der Waals surface area contributed by atoms with Gasteiger partial charge in [0.05, 0.1) is 12.1 Å². The summed E-state index contributed by atoms with van der Waals surface area (Å²) in [5.74, 6) is 1.32. The number of carbonyl (C=O) groups is 1. The van der Waals surface area contributed by atoms with Crippen molar-refractivity contribution in [1.29, 1.82) is 0 Å². The molecule has 3 heterocycles. The largest absolute Gasteiger partial charge is 0.326 e. The molecule has 1 unspecified atom stereocenters. The van der Waals surface area contributed by atoms with Crippen molar-refractivity contribution in [3.8, 4) is 5.00 Å². The van der Waals surface area contributed by atoms with Crippen molar-refractivity contribution in [3.05, 3.63) is 92.3 Å². The van der Waals surface area contributed by atoms with Gasteiger partial charge in [-0.1, -0.05) is 41.4 Å². The maximum atomic E-state index is 13.1. The SMILES string of the molecule is Cc1ccc(NC(=O)CC2N=C(c3ccc(Cl)cc3)c3c(sc(C)c3C)-n3c(C)nnc32)cc1. The maximum Gasteiger partial charge on any atom is 0.227 e. The van der Waals surface area contributed by atoms with Gasteiger partial charge in [-0.3, -0.25) is 14.4 Å². The normalized spacial score (nSPS) is 14.7. The lowest BCUT2D eigenvalue weighted by molar-refractivity contribution is -0.116. The molecule has 0 bridgehead atoms. The quantitative estimate of drug-likeness (QED) is 0.374. The van der Waals surface area contributed by atoms with Crippen LogP contribution >= 0.6 is 22.9 Å². The Labute approximate surface area is 207 Å². The maximum absolute atomic E-state index is 13.1. The Morgan fingerprint density at radius 1 is 1.03 bits per heavy atom. The van der Waals surface area contributed by atoms with Gasteiger partial charge in [0.15, 0.2) is 5.82 Å². The van der Waals surface area contributed by atoms with Gasteiger partial charge in [0.2, 0.25) is 5.91 Å². The molecule has 8 heteroatoms. The van der Waals surface area contributed by atoms with E-state index in [9.17, 15) is 4.79 Å². The molecule has 34 heavy (non-hydrogen) atoms. The zero-order valence-corrected chi connectivity index (χ0v) is 21.0. The Balaban J connectivity index is 1.61. The summed E-state index contributed by atoms with van der Waals surface area (Å²) in [6, 6.07) is 14.9. The number of hydrogen-bond acceptors (Lipinski definition) is 5. The third-order valence-corrected chi connectivity index (χ3v) is 7.52. The van der Waals surface area contributed by atoms with Crippen LogP contribution in [0.2, 0.25) is 5.02 Å². The van der Waals surface area contributed by atoms with Gasteiger partial charge in [0.25, 0.3) is 0 Å². The zero-order chi connectivity index (χ0) is 24.0. The van der Waals surface area contributed by atoms with Crippen molar-refractivity contribution < 1.29 is 4.79 Å². The number of anilines is 1. The van der Waals surface area contributed by atoms with Gasteiger partial charge in [-0.25, -0.2) is 0 Å². The molecule has 1 amide bonds. The lowest BCUT2D eigenvalue weighted by Crippen LogP contribution is -2.17. The number of aliphatic imine (C=N–C) groups is 1. The molecule has 0 aliphatic carbocycles. The van der Waals surface area contributed by atoms with Crippen LogP contribution < -0.4 is 5.32 Å². The predicted octanol–water partition coefficient (Wildman–Crippen LogP) is 6.14. The Bertz CT molecular complexity index is 1420. The summed E-state index contributed by atoms with van der Waals surface area (Å²) in [6.07, 6.45) is 0.149. The van der Waals surface area contributed by atoms with Crippen LogP contribution in [-0.2, 0) is 4.79 Å². The summed E-state index contributed by atoms with van der Waals surface area (Å²) >= 11 is 7.86. The van der Waals surface area contributed by atoms with Crippen LogP contribution in [0.5, 0.6) is 0 Å². The molecular formula is C26H24ClN5OS. The number of aromatic nitrogens is 3. The van der Waals surface area contributed by atoms with Crippen LogP contribution in [0.25, 0.3) is 5.00 Å². The average Bonchev–Trinajstić information content (AvgIpc) is 3.28. The molecule has 0 saturated carbocycles. The summed E-state index contributed by atoms with van der Waals surface area (Å²) in [7, 11) is 0. The first kappa shape index (κ1) is 22.5. The second kappa shape index (κ2) is 8.81. The van der Waals surface area contributed by atoms with E-state index in [0.29, 0.717) is 10.8 Å². The summed E-state index contributed by atoms with van der Waals surface area (Å²) in [4.78, 5) is 19.4. The number of amides is 1. The lowest BCUT2D eigenvalue weighted by Gasteiger charge is -2.13. The topological polar surface area (TPSA) is 72.2 Å². The average molecular weight is 490 g/mol. The Kier molecular flexibility index (Phi) is 5.83. The Morgan fingerprint density at radius 2 is 1.74 bits per heavy atom. The number of aryl methyl sites for hydroxylation is 3. The summed E-state index contributed by atoms with van der Waals surface area (Å²) in [5, 5.41) is 13.5. The van der Waals surface area contributed by atoms with E-state index in [4.69, 9.17) is 16.6 Å². The molecule has 4 aromatic rings. The molecule has 0 radical (unpaired) electrons. The van der Waals surface area contributed by atoms with Gasteiger partial charge >= 0.3 is 0 Å². The molecule has 1 N–H and O–H groups in total. The number of thiophene rings is 1. The smallest absolute Gasteiger partial charge is 0.227 e. The highest BCUT2D eigenvalue weighted by atomic mass is 35.5. The van der Waals surface area contributed by atoms with E-state index in [-0.39, 0.29) is 12.3 Å². The first-order valence-electron chi connectivity index (χ1n) is 11.0. The van der Waals surface area contributed by atoms with Gasteiger partial charge in [-0.05, 0) is 57.5 Å². The first-order chi connectivity index (χ1) is 16.3. The van der Waals surface area contributed by atoms with Crippen molar-refractivity contribution >= 4 is 40.2 Å². The molecule has 5 rings (SSSR count). The molecule has 1 aliphatic heterocycles. The van der Waals surface area contributed by atoms with E-state index in [1.165, 1.54) is 4.88 Å². The minimum atomic E-state index is -0.489. The number of benzene rings is 2. The molecular weight excluding hydrogens is 466 g/mol. The standard InChI is InChI=1S/C26H24ClN5OS/c1-14-5-11-20(12-6-14)28-22(33)13-21-25-31-30-17(4)32(25)26-23(15(2)16(3)34-26)24(29-21)18-7-9-19(27)10-8-18/h5-12,21H,13H2,1-4H3,(H,28,33). The molecule has 1 atom stereocenters. The molecule has 1 aliphatic rings. The van der Waals surface area contributed by atoms with E-state index in [2.05, 4.69) is 33.9 Å². The van der Waals surface area contributed by atoms with E-state index in [0.717, 1.165) is 44.5 Å². The number of nitrogens with one attached hydrogen (secondary N) is 1. The van der Waals surface area contributed by atoms with Crippen LogP contribution in [0.1, 0.15) is 51.2 Å². The third kappa shape index (κ3) is 4.06. The minimum Gasteiger partial charge on any atom is -0.326 e. The van der Waals surface area contributed by atoms with Gasteiger partial charge in [0, 0.05) is 26.7 Å². The van der Waals surface area contributed by atoms with Crippen LogP contribution in [-0.4, -0.2) is 26.4 Å². The van der Waals surface area contributed by atoms with Crippen molar-refractivity contribution in [1.82, 2.24) is 14.8 Å². The number of nitrogens with zero attached hydrogens (tertiary/aromatic N) is 4. The van der Waals surface area contributed by atoms with Crippen LogP contribution in [0.4, 0.5) is 5.69 Å². The van der Waals surface area contributed by atoms with Crippen LogP contribution in [0, 0.1) is 27.7 Å². The van der Waals surface area contributed by atoms with Crippen molar-refractivity contribution in [2.75, 3.05) is 5.32 Å². The van der Waals surface area contributed by atoms with E-state index in [1.54, 1.807) is 11.3 Å². The summed E-state index contributed by atoms with van der Waals surface area (Å²) in [6.45, 7) is 8.17. The predicted molar refractivity (Wildman–Crippen MR) is 138 cm³/mol. The fraction of sp³-hybridized carbons (Fsp3) is 0.231. The number of carbonyl (C=O) groups excluding carboxylic acids is 1. The highest BCUT2D eigenvalue weighted by Crippen LogP contribution is 2.39. The first-order valence-corrected chi connectivity index (χ1v) is 12.2. The molecule has 0 spiro atoms. The Morgan fingerprint density at radius 3 is 2.44 bits per heavy atom. The molecule has 6 nitrogen and oxygen atoms in total. The van der Waals surface area contributed by atoms with E-state index >= 15 is 0 Å². The number of hydrogen-bond donors (Lipinski definition) is 1. The fourth-order valence-corrected chi connectivity index (χ4v) is 5.50. The van der Waals surface area contributed by atoms with Crippen molar-refractivity contribution in [3.63, 3.8) is 0 Å². The van der Waals surface area contributed by atoms with Gasteiger partial charge < -0.3 is 5.32 Å². The van der Waals surface area contributed by atoms with E-state index < -0.39 is 6.04 Å². The van der Waals surface area contributed by atoms with Gasteiger partial charge in [-0.15, -0.1) is 21.5 Å². The molecule has 0 saturated heterocycles. The zero-order valence-electron chi connectivity index (χ0n) is 19.4. The highest BCUT2D eigenvalue weighted by Gasteiger charge is 2.32. The number of halogens is 1. The summed E-state index contributed by atoms with van der Waals surface area (Å²) in [5.41, 5.74) is 5.90. The number of fused-ring (bicyclic) bond motifs is 3. The Hall–Kier alpha value is -3.29. The monoisotopic (exact) mass is 489 g/mol. The van der Waals surface area contributed by atoms with Gasteiger partial charge in [0.1, 0.15) is 16.9 Å². The highest BCUT2D eigenvalue weighted by molar-refractivity contribution is 7.15. The van der Waals surface area contributed by atoms with Crippen LogP contribution in [0.3, 0.4) is 0 Å². The molecule has 2 aromatic carbocycles. The second-order valence-corrected chi connectivity index (χ2v) is 10.2. The minimum absolute atomic E-state index is 0.126. The molecule has 2 aromatic heterocycles. The summed E-state index contributed by atoms with van der Waals surface area (Å²) < 4.78 is 2.05.